The van der Waals surface area contributed by atoms with Gasteiger partial charge in [0.2, 0.25) is 0 Å². The van der Waals surface area contributed by atoms with E-state index in [1.165, 1.54) is 6.07 Å². The molecule has 1 N–H and O–H groups in total. The van der Waals surface area contributed by atoms with Gasteiger partial charge in [0.05, 0.1) is 5.75 Å². The third kappa shape index (κ3) is 2.67. The van der Waals surface area contributed by atoms with Crippen LogP contribution in [0.4, 0.5) is 12.9 Å². The molecule has 0 aliphatic rings. The fraction of sp³-hybridized carbons (Fsp3) is 0.400. The minimum absolute atomic E-state index is 0.357. The molecule has 0 heterocycles. The second-order valence-electron chi connectivity index (χ2n) is 4.60. The third-order valence-electron chi connectivity index (χ3n) is 2.25. The lowest BCUT2D eigenvalue weighted by Crippen LogP contribution is -2.35. The highest BCUT2D eigenvalue weighted by Gasteiger charge is 2.30. The topological polar surface area (TPSA) is 20.2 Å². The lowest BCUT2D eigenvalue weighted by molar-refractivity contribution is 0.462. The summed E-state index contributed by atoms with van der Waals surface area (Å²) in [6.45, 7) is 0.326. The fourth-order valence-electron chi connectivity index (χ4n) is 1.28. The molecule has 0 aromatic heterocycles. The first kappa shape index (κ1) is 11.9. The van der Waals surface area contributed by atoms with Gasteiger partial charge in [-0.05, 0) is 17.0 Å². The molecule has 1 nitrogen and oxygen atoms in total. The minimum atomic E-state index is -5.15. The second-order valence-corrected chi connectivity index (χ2v) is 4.60. The summed E-state index contributed by atoms with van der Waals surface area (Å²) >= 11 is 0. The zero-order chi connectivity index (χ0) is 11.9. The maximum absolute atomic E-state index is 12.5. The van der Waals surface area contributed by atoms with Crippen molar-refractivity contribution < 1.29 is 18.1 Å². The minimum Gasteiger partial charge on any atom is -0.511 e. The average Bonchev–Trinajstić information content (AvgIpc) is 2.00. The van der Waals surface area contributed by atoms with Crippen LogP contribution in [0.1, 0.15) is 26.3 Å². The summed E-state index contributed by atoms with van der Waals surface area (Å²) in [4.78, 5) is 0. The van der Waals surface area contributed by atoms with Crippen molar-refractivity contribution in [2.45, 2.75) is 26.2 Å². The molecule has 0 aliphatic carbocycles. The maximum atomic E-state index is 12.5. The molecule has 0 saturated carbocycles. The molecule has 0 radical (unpaired) electrons. The number of hydrogen-bond acceptors (Lipinski definition) is 1. The van der Waals surface area contributed by atoms with Gasteiger partial charge in [0.25, 0.3) is 0 Å². The van der Waals surface area contributed by atoms with Crippen molar-refractivity contribution in [1.82, 2.24) is 0 Å². The molecule has 0 saturated heterocycles. The quantitative estimate of drug-likeness (QED) is 0.717. The third-order valence-corrected chi connectivity index (χ3v) is 2.25. The van der Waals surface area contributed by atoms with Gasteiger partial charge in [-0.2, -0.15) is 0 Å². The molecule has 0 unspecified atom stereocenters. The predicted molar refractivity (Wildman–Crippen MR) is 55.5 cm³/mol. The summed E-state index contributed by atoms with van der Waals surface area (Å²) in [5.41, 5.74) is -0.707. The standard InChI is InChI=1S/C10H13BF3O/c1-10(2,3)7-4-5-9(15)8(6-7)11(12,13)14/h4-6,15H,1-3H3/q-1. The van der Waals surface area contributed by atoms with Crippen molar-refractivity contribution in [1.29, 1.82) is 0 Å². The van der Waals surface area contributed by atoms with Crippen LogP contribution in [0.15, 0.2) is 18.2 Å². The molecule has 5 heteroatoms. The molecule has 1 aromatic carbocycles. The van der Waals surface area contributed by atoms with Crippen LogP contribution >= 0.6 is 0 Å². The Kier molecular flexibility index (Phi) is 2.76. The van der Waals surface area contributed by atoms with Gasteiger partial charge in [-0.3, -0.25) is 0 Å². The number of halogens is 3. The number of hydrogen-bond donors (Lipinski definition) is 1. The first-order valence-corrected chi connectivity index (χ1v) is 4.65. The van der Waals surface area contributed by atoms with Gasteiger partial charge in [0.1, 0.15) is 0 Å². The van der Waals surface area contributed by atoms with E-state index in [1.54, 1.807) is 0 Å². The summed E-state index contributed by atoms with van der Waals surface area (Å²) in [6.07, 6.45) is 0. The smallest absolute Gasteiger partial charge is 0.511 e. The zero-order valence-electron chi connectivity index (χ0n) is 8.89. The van der Waals surface area contributed by atoms with Crippen molar-refractivity contribution >= 4 is 12.4 Å². The summed E-state index contributed by atoms with van der Waals surface area (Å²) in [7, 11) is 0. The highest BCUT2D eigenvalue weighted by molar-refractivity contribution is 6.74. The van der Waals surface area contributed by atoms with Crippen LogP contribution in [-0.4, -0.2) is 12.1 Å². The van der Waals surface area contributed by atoms with Crippen molar-refractivity contribution in [2.24, 2.45) is 0 Å². The van der Waals surface area contributed by atoms with E-state index in [0.29, 0.717) is 5.56 Å². The molecule has 0 bridgehead atoms. The van der Waals surface area contributed by atoms with Gasteiger partial charge in [-0.15, -0.1) is 0 Å². The average molecular weight is 217 g/mol. The van der Waals surface area contributed by atoms with E-state index in [2.05, 4.69) is 0 Å². The summed E-state index contributed by atoms with van der Waals surface area (Å²) in [5.74, 6) is -0.699. The number of aromatic hydroxyl groups is 1. The monoisotopic (exact) mass is 217 g/mol. The van der Waals surface area contributed by atoms with Crippen LogP contribution in [0.3, 0.4) is 0 Å². The van der Waals surface area contributed by atoms with Crippen molar-refractivity contribution in [2.75, 3.05) is 0 Å². The maximum Gasteiger partial charge on any atom is 0.513 e. The fourth-order valence-corrected chi connectivity index (χ4v) is 1.28. The number of benzene rings is 1. The highest BCUT2D eigenvalue weighted by atomic mass is 19.4. The first-order valence-electron chi connectivity index (χ1n) is 4.65. The van der Waals surface area contributed by atoms with Crippen LogP contribution in [0.2, 0.25) is 0 Å². The molecule has 0 spiro atoms. The van der Waals surface area contributed by atoms with Crippen molar-refractivity contribution in [3.05, 3.63) is 23.8 Å². The van der Waals surface area contributed by atoms with Crippen molar-refractivity contribution in [3.63, 3.8) is 0 Å². The number of phenolic OH excluding ortho intramolecular Hbond substituents is 1. The largest absolute Gasteiger partial charge is 0.513 e. The van der Waals surface area contributed by atoms with Crippen molar-refractivity contribution in [3.8, 4) is 5.75 Å². The molecule has 15 heavy (non-hydrogen) atoms. The number of rotatable bonds is 1. The van der Waals surface area contributed by atoms with E-state index in [4.69, 9.17) is 5.11 Å². The van der Waals surface area contributed by atoms with Gasteiger partial charge in [-0.25, -0.2) is 0 Å². The van der Waals surface area contributed by atoms with E-state index in [-0.39, 0.29) is 5.41 Å². The molecular weight excluding hydrogens is 204 g/mol. The molecule has 84 valence electrons. The van der Waals surface area contributed by atoms with E-state index < -0.39 is 18.2 Å². The van der Waals surface area contributed by atoms with E-state index in [0.717, 1.165) is 12.1 Å². The molecule has 0 atom stereocenters. The van der Waals surface area contributed by atoms with Gasteiger partial charge < -0.3 is 18.1 Å². The molecule has 1 rings (SSSR count). The van der Waals surface area contributed by atoms with Gasteiger partial charge in [0.15, 0.2) is 0 Å². The van der Waals surface area contributed by atoms with Gasteiger partial charge in [-0.1, -0.05) is 38.4 Å². The summed E-state index contributed by atoms with van der Waals surface area (Å²) in [6, 6.07) is 3.64. The summed E-state index contributed by atoms with van der Waals surface area (Å²) < 4.78 is 37.6. The van der Waals surface area contributed by atoms with Crippen LogP contribution in [0.25, 0.3) is 0 Å². The van der Waals surface area contributed by atoms with Gasteiger partial charge >= 0.3 is 6.98 Å². The summed E-state index contributed by atoms with van der Waals surface area (Å²) in [5, 5.41) is 9.13. The molecule has 1 aromatic rings. The first-order chi connectivity index (χ1) is 6.62. The second kappa shape index (κ2) is 3.47. The lowest BCUT2D eigenvalue weighted by atomic mass is 9.75. The van der Waals surface area contributed by atoms with E-state index in [9.17, 15) is 12.9 Å². The van der Waals surface area contributed by atoms with Crippen LogP contribution < -0.4 is 5.46 Å². The Morgan fingerprint density at radius 3 is 2.07 bits per heavy atom. The SMILES string of the molecule is CC(C)(C)c1ccc(O)c([B-](F)(F)F)c1. The predicted octanol–water partition coefficient (Wildman–Crippen LogP) is 2.74. The van der Waals surface area contributed by atoms with Crippen LogP contribution in [-0.2, 0) is 5.41 Å². The van der Waals surface area contributed by atoms with Crippen LogP contribution in [0, 0.1) is 0 Å². The number of phenols is 1. The van der Waals surface area contributed by atoms with E-state index >= 15 is 0 Å². The Labute approximate surface area is 87.0 Å². The normalized spacial score (nSPS) is 12.9. The molecular formula is C10H13BF3O-. The Morgan fingerprint density at radius 1 is 1.13 bits per heavy atom. The highest BCUT2D eigenvalue weighted by Crippen LogP contribution is 2.25. The lowest BCUT2D eigenvalue weighted by Gasteiger charge is -2.23. The Hall–Kier alpha value is -1.13. The molecule has 0 aliphatic heterocycles. The van der Waals surface area contributed by atoms with Gasteiger partial charge in [0, 0.05) is 0 Å². The zero-order valence-corrected chi connectivity index (χ0v) is 8.89. The Bertz CT molecular complexity index is 366. The molecule has 0 fully saturated rings. The van der Waals surface area contributed by atoms with Crippen LogP contribution in [0.5, 0.6) is 5.75 Å². The Morgan fingerprint density at radius 2 is 1.67 bits per heavy atom. The van der Waals surface area contributed by atoms with E-state index in [1.807, 2.05) is 20.8 Å². The Balaban J connectivity index is 3.30. The molecule has 0 amide bonds.